The van der Waals surface area contributed by atoms with Gasteiger partial charge in [-0.15, -0.1) is 0 Å². The molecule has 0 unspecified atom stereocenters. The van der Waals surface area contributed by atoms with Crippen LogP contribution in [0.2, 0.25) is 0 Å². The molecule has 4 nitrogen and oxygen atoms in total. The van der Waals surface area contributed by atoms with Crippen LogP contribution in [0.25, 0.3) is 0 Å². The van der Waals surface area contributed by atoms with Crippen LogP contribution in [0.1, 0.15) is 118 Å². The number of carbonyl (C=O) groups excluding carboxylic acids is 1. The van der Waals surface area contributed by atoms with Crippen LogP contribution in [-0.2, 0) is 14.2 Å². The van der Waals surface area contributed by atoms with Crippen LogP contribution in [0.3, 0.4) is 0 Å². The van der Waals surface area contributed by atoms with Gasteiger partial charge in [-0.05, 0) is 40.5 Å². The number of hydrogen-bond donors (Lipinski definition) is 0. The minimum absolute atomic E-state index is 0.0895. The number of carbonyl (C=O) groups is 1. The molecule has 0 N–H and O–H groups in total. The first-order chi connectivity index (χ1) is 12.8. The van der Waals surface area contributed by atoms with E-state index in [-0.39, 0.29) is 12.2 Å². The summed E-state index contributed by atoms with van der Waals surface area (Å²) in [5, 5.41) is 0. The van der Waals surface area contributed by atoms with Gasteiger partial charge in [0, 0.05) is 6.42 Å². The van der Waals surface area contributed by atoms with E-state index in [0.717, 1.165) is 19.3 Å². The zero-order chi connectivity index (χ0) is 20.1. The first kappa shape index (κ1) is 24.3. The predicted molar refractivity (Wildman–Crippen MR) is 111 cm³/mol. The largest absolute Gasteiger partial charge is 0.509 e. The Balaban J connectivity index is 2.10. The lowest BCUT2D eigenvalue weighted by Crippen LogP contribution is -2.28. The molecule has 0 bridgehead atoms. The summed E-state index contributed by atoms with van der Waals surface area (Å²) in [5.41, 5.74) is -0.512. The van der Waals surface area contributed by atoms with Crippen molar-refractivity contribution in [3.63, 3.8) is 0 Å². The van der Waals surface area contributed by atoms with Crippen molar-refractivity contribution in [3.05, 3.63) is 0 Å². The van der Waals surface area contributed by atoms with E-state index in [0.29, 0.717) is 6.10 Å². The molecule has 4 heteroatoms. The number of hydrogen-bond acceptors (Lipinski definition) is 4. The maximum Gasteiger partial charge on any atom is 0.509 e. The van der Waals surface area contributed by atoms with Crippen LogP contribution in [0, 0.1) is 0 Å². The molecule has 160 valence electrons. The fraction of sp³-hybridized carbons (Fsp3) is 0.957. The van der Waals surface area contributed by atoms with Gasteiger partial charge in [0.15, 0.2) is 0 Å². The summed E-state index contributed by atoms with van der Waals surface area (Å²) in [7, 11) is 0. The number of unbranched alkanes of at least 4 members (excludes halogenated alkanes) is 10. The third-order valence-corrected chi connectivity index (χ3v) is 5.11. The lowest BCUT2D eigenvalue weighted by atomic mass is 10.0. The highest BCUT2D eigenvalue weighted by molar-refractivity contribution is 5.60. The number of ether oxygens (including phenoxy) is 3. The summed E-state index contributed by atoms with van der Waals surface area (Å²) in [5.74, 6) is 0. The van der Waals surface area contributed by atoms with Gasteiger partial charge in [0.2, 0.25) is 0 Å². The maximum absolute atomic E-state index is 12.0. The van der Waals surface area contributed by atoms with Gasteiger partial charge >= 0.3 is 6.16 Å². The van der Waals surface area contributed by atoms with Gasteiger partial charge < -0.3 is 14.2 Å². The Kier molecular flexibility index (Phi) is 12.1. The third-order valence-electron chi connectivity index (χ3n) is 5.11. The minimum Gasteiger partial charge on any atom is -0.431 e. The van der Waals surface area contributed by atoms with Crippen LogP contribution >= 0.6 is 0 Å². The smallest absolute Gasteiger partial charge is 0.431 e. The van der Waals surface area contributed by atoms with Crippen LogP contribution in [0.4, 0.5) is 4.79 Å². The molecule has 1 fully saturated rings. The Bertz CT molecular complexity index is 388. The fourth-order valence-electron chi connectivity index (χ4n) is 3.41. The fourth-order valence-corrected chi connectivity index (χ4v) is 3.41. The van der Waals surface area contributed by atoms with E-state index in [9.17, 15) is 4.79 Å². The first-order valence-electron chi connectivity index (χ1n) is 11.4. The second kappa shape index (κ2) is 13.4. The highest BCUT2D eigenvalue weighted by Crippen LogP contribution is 2.29. The third kappa shape index (κ3) is 14.0. The van der Waals surface area contributed by atoms with E-state index in [4.69, 9.17) is 14.2 Å². The second-order valence-electron chi connectivity index (χ2n) is 9.14. The Morgan fingerprint density at radius 3 is 1.85 bits per heavy atom. The van der Waals surface area contributed by atoms with Crippen LogP contribution in [0.5, 0.6) is 0 Å². The van der Waals surface area contributed by atoms with E-state index in [1.807, 2.05) is 20.8 Å². The van der Waals surface area contributed by atoms with Crippen molar-refractivity contribution in [2.24, 2.45) is 0 Å². The summed E-state index contributed by atoms with van der Waals surface area (Å²) >= 11 is 0. The molecular formula is C23H44O4. The van der Waals surface area contributed by atoms with Gasteiger partial charge in [-0.25, -0.2) is 4.79 Å². The molecule has 0 radical (unpaired) electrons. The summed E-state index contributed by atoms with van der Waals surface area (Å²) in [4.78, 5) is 12.0. The number of epoxide rings is 1. The van der Waals surface area contributed by atoms with E-state index in [1.165, 1.54) is 64.2 Å². The standard InChI is InChI=1S/C23H44O4/c1-6-7-8-9-10-11-12-13-14-15-16-17-20(18-21-19(2)25-21)26-22(24)27-23(3,4)5/h19-21H,6-18H2,1-5H3/t19-,20-,21-/m1/s1. The van der Waals surface area contributed by atoms with Crippen molar-refractivity contribution in [1.29, 1.82) is 0 Å². The monoisotopic (exact) mass is 384 g/mol. The zero-order valence-corrected chi connectivity index (χ0v) is 18.6. The van der Waals surface area contributed by atoms with Crippen molar-refractivity contribution >= 4 is 6.16 Å². The molecular weight excluding hydrogens is 340 g/mol. The van der Waals surface area contributed by atoms with Gasteiger partial charge in [-0.3, -0.25) is 0 Å². The zero-order valence-electron chi connectivity index (χ0n) is 18.6. The lowest BCUT2D eigenvalue weighted by molar-refractivity contribution is -0.0314. The molecule has 1 saturated heterocycles. The van der Waals surface area contributed by atoms with Gasteiger partial charge in [-0.1, -0.05) is 71.1 Å². The Hall–Kier alpha value is -0.770. The molecule has 0 aromatic carbocycles. The average Bonchev–Trinajstić information content (AvgIpc) is 3.25. The lowest BCUT2D eigenvalue weighted by Gasteiger charge is -2.22. The number of rotatable bonds is 15. The molecule has 0 aromatic heterocycles. The Morgan fingerprint density at radius 1 is 0.926 bits per heavy atom. The SMILES string of the molecule is CCCCCCCCCCCCC[C@H](C[C@H]1O[C@@H]1C)OC(=O)OC(C)(C)C. The summed E-state index contributed by atoms with van der Waals surface area (Å²) in [6, 6.07) is 0. The van der Waals surface area contributed by atoms with E-state index < -0.39 is 11.8 Å². The molecule has 27 heavy (non-hydrogen) atoms. The average molecular weight is 385 g/mol. The van der Waals surface area contributed by atoms with E-state index in [2.05, 4.69) is 13.8 Å². The van der Waals surface area contributed by atoms with E-state index >= 15 is 0 Å². The normalized spacial score (nSPS) is 20.3. The van der Waals surface area contributed by atoms with Crippen LogP contribution in [-0.4, -0.2) is 30.1 Å². The second-order valence-corrected chi connectivity index (χ2v) is 9.14. The van der Waals surface area contributed by atoms with Gasteiger partial charge in [-0.2, -0.15) is 0 Å². The molecule has 0 amide bonds. The van der Waals surface area contributed by atoms with Crippen molar-refractivity contribution in [2.45, 2.75) is 142 Å². The van der Waals surface area contributed by atoms with Crippen molar-refractivity contribution in [3.8, 4) is 0 Å². The van der Waals surface area contributed by atoms with Crippen LogP contribution in [0.15, 0.2) is 0 Å². The summed E-state index contributed by atoms with van der Waals surface area (Å²) < 4.78 is 16.4. The van der Waals surface area contributed by atoms with Crippen molar-refractivity contribution in [1.82, 2.24) is 0 Å². The van der Waals surface area contributed by atoms with Crippen molar-refractivity contribution in [2.75, 3.05) is 0 Å². The van der Waals surface area contributed by atoms with E-state index in [1.54, 1.807) is 0 Å². The molecule has 3 atom stereocenters. The van der Waals surface area contributed by atoms with Gasteiger partial charge in [0.1, 0.15) is 11.7 Å². The summed E-state index contributed by atoms with van der Waals surface area (Å²) in [6.07, 6.45) is 16.2. The Morgan fingerprint density at radius 2 is 1.41 bits per heavy atom. The topological polar surface area (TPSA) is 48.1 Å². The quantitative estimate of drug-likeness (QED) is 0.170. The predicted octanol–water partition coefficient (Wildman–Crippen LogP) is 7.19. The molecule has 1 heterocycles. The van der Waals surface area contributed by atoms with Crippen molar-refractivity contribution < 1.29 is 19.0 Å². The maximum atomic E-state index is 12.0. The highest BCUT2D eigenvalue weighted by Gasteiger charge is 2.37. The molecule has 1 aliphatic rings. The first-order valence-corrected chi connectivity index (χ1v) is 11.4. The molecule has 0 spiro atoms. The molecule has 0 saturated carbocycles. The minimum atomic E-state index is -0.552. The molecule has 1 rings (SSSR count). The molecule has 1 aliphatic heterocycles. The molecule has 0 aromatic rings. The Labute approximate surface area is 167 Å². The van der Waals surface area contributed by atoms with Gasteiger partial charge in [0.25, 0.3) is 0 Å². The highest BCUT2D eigenvalue weighted by atomic mass is 16.7. The summed E-state index contributed by atoms with van der Waals surface area (Å²) in [6.45, 7) is 9.91. The molecule has 0 aliphatic carbocycles. The van der Waals surface area contributed by atoms with Gasteiger partial charge in [0.05, 0.1) is 12.2 Å². The van der Waals surface area contributed by atoms with Crippen LogP contribution < -0.4 is 0 Å².